The van der Waals surface area contributed by atoms with E-state index >= 15 is 0 Å². The summed E-state index contributed by atoms with van der Waals surface area (Å²) in [6.45, 7) is 6.41. The van der Waals surface area contributed by atoms with Crippen LogP contribution in [0.25, 0.3) is 0 Å². The minimum atomic E-state index is -1.51. The molecule has 0 amide bonds. The fourth-order valence-electron chi connectivity index (χ4n) is 1.08. The summed E-state index contributed by atoms with van der Waals surface area (Å²) in [5, 5.41) is 0.886. The Labute approximate surface area is 81.9 Å². The molecule has 0 bridgehead atoms. The Morgan fingerprint density at radius 3 is 2.25 bits per heavy atom. The van der Waals surface area contributed by atoms with Crippen molar-refractivity contribution in [1.82, 2.24) is 0 Å². The van der Waals surface area contributed by atoms with Crippen LogP contribution in [0.2, 0.25) is 19.6 Å². The quantitative estimate of drug-likeness (QED) is 0.669. The first kappa shape index (κ1) is 9.93. The van der Waals surface area contributed by atoms with Gasteiger partial charge in [0.05, 0.1) is 12.5 Å². The summed E-state index contributed by atoms with van der Waals surface area (Å²) < 4.78 is 14.1. The van der Waals surface area contributed by atoms with Crippen LogP contribution in [-0.4, -0.2) is 8.07 Å². The van der Waals surface area contributed by atoms with E-state index in [9.17, 15) is 4.39 Å². The van der Waals surface area contributed by atoms with Crippen molar-refractivity contribution in [2.24, 2.45) is 0 Å². The molecule has 0 saturated carbocycles. The van der Waals surface area contributed by atoms with E-state index in [0.717, 1.165) is 5.19 Å². The highest BCUT2D eigenvalue weighted by molar-refractivity contribution is 9.10. The van der Waals surface area contributed by atoms with E-state index in [1.165, 1.54) is 0 Å². The highest BCUT2D eigenvalue weighted by Gasteiger charge is 2.21. The molecule has 0 atom stereocenters. The Hall–Kier alpha value is -0.153. The summed E-state index contributed by atoms with van der Waals surface area (Å²) in [7, 11) is -1.51. The third kappa shape index (κ3) is 1.96. The summed E-state index contributed by atoms with van der Waals surface area (Å²) in [6.07, 6.45) is 0. The van der Waals surface area contributed by atoms with Crippen molar-refractivity contribution in [3.05, 3.63) is 28.5 Å². The average Bonchev–Trinajstić information content (AvgIpc) is 1.92. The van der Waals surface area contributed by atoms with Crippen LogP contribution in [0.3, 0.4) is 0 Å². The van der Waals surface area contributed by atoms with E-state index in [0.29, 0.717) is 4.47 Å². The fourth-order valence-corrected chi connectivity index (χ4v) is 3.02. The predicted octanol–water partition coefficient (Wildman–Crippen LogP) is 3.13. The van der Waals surface area contributed by atoms with Gasteiger partial charge in [-0.1, -0.05) is 31.8 Å². The summed E-state index contributed by atoms with van der Waals surface area (Å²) >= 11 is 3.19. The van der Waals surface area contributed by atoms with E-state index in [2.05, 4.69) is 35.6 Å². The molecule has 66 valence electrons. The molecule has 1 rings (SSSR count). The number of benzene rings is 1. The van der Waals surface area contributed by atoms with Crippen LogP contribution in [0.5, 0.6) is 0 Å². The molecule has 0 saturated heterocycles. The standard InChI is InChI=1S/C9H12BrFSi/c1-12(2,3)8-6-4-5-7(10)9(8)11/h4-6H,1-3H3. The van der Waals surface area contributed by atoms with Crippen LogP contribution >= 0.6 is 15.9 Å². The third-order valence-electron chi connectivity index (χ3n) is 1.76. The minimum absolute atomic E-state index is 0.0864. The lowest BCUT2D eigenvalue weighted by Gasteiger charge is -2.17. The van der Waals surface area contributed by atoms with Gasteiger partial charge in [0.25, 0.3) is 0 Å². The predicted molar refractivity (Wildman–Crippen MR) is 57.1 cm³/mol. The van der Waals surface area contributed by atoms with Gasteiger partial charge in [-0.2, -0.15) is 0 Å². The monoisotopic (exact) mass is 246 g/mol. The molecule has 1 aromatic carbocycles. The molecule has 0 fully saturated rings. The molecule has 0 spiro atoms. The SMILES string of the molecule is C[Si](C)(C)c1cccc(Br)c1F. The van der Waals surface area contributed by atoms with Gasteiger partial charge >= 0.3 is 0 Å². The van der Waals surface area contributed by atoms with Gasteiger partial charge in [0.1, 0.15) is 5.82 Å². The maximum atomic E-state index is 13.5. The molecule has 0 unspecified atom stereocenters. The van der Waals surface area contributed by atoms with Crippen molar-refractivity contribution < 1.29 is 4.39 Å². The Bertz CT molecular complexity index is 291. The molecule has 0 radical (unpaired) electrons. The summed E-state index contributed by atoms with van der Waals surface area (Å²) in [5.41, 5.74) is 0. The topological polar surface area (TPSA) is 0 Å². The molecule has 0 aliphatic carbocycles. The highest BCUT2D eigenvalue weighted by Crippen LogP contribution is 2.15. The summed E-state index contributed by atoms with van der Waals surface area (Å²) in [4.78, 5) is 0. The van der Waals surface area contributed by atoms with Crippen LogP contribution in [0.15, 0.2) is 22.7 Å². The highest BCUT2D eigenvalue weighted by atomic mass is 79.9. The molecule has 12 heavy (non-hydrogen) atoms. The molecule has 0 heterocycles. The van der Waals surface area contributed by atoms with E-state index in [1.54, 1.807) is 6.07 Å². The van der Waals surface area contributed by atoms with Crippen LogP contribution in [0.1, 0.15) is 0 Å². The third-order valence-corrected chi connectivity index (χ3v) is 4.37. The maximum Gasteiger partial charge on any atom is 0.136 e. The zero-order valence-corrected chi connectivity index (χ0v) is 10.1. The lowest BCUT2D eigenvalue weighted by molar-refractivity contribution is 0.628. The molecule has 0 aliphatic heterocycles. The first-order chi connectivity index (χ1) is 5.43. The lowest BCUT2D eigenvalue weighted by atomic mass is 10.3. The van der Waals surface area contributed by atoms with Gasteiger partial charge in [0.2, 0.25) is 0 Å². The van der Waals surface area contributed by atoms with Crippen LogP contribution in [0, 0.1) is 5.82 Å². The van der Waals surface area contributed by atoms with Crippen molar-refractivity contribution in [1.29, 1.82) is 0 Å². The summed E-state index contributed by atoms with van der Waals surface area (Å²) in [5.74, 6) is -0.0864. The Kier molecular flexibility index (Phi) is 2.73. The fraction of sp³-hybridized carbons (Fsp3) is 0.333. The van der Waals surface area contributed by atoms with Gasteiger partial charge in [-0.25, -0.2) is 4.39 Å². The normalized spacial score (nSPS) is 11.8. The van der Waals surface area contributed by atoms with Gasteiger partial charge in [0, 0.05) is 0 Å². The second-order valence-corrected chi connectivity index (χ2v) is 9.74. The van der Waals surface area contributed by atoms with Gasteiger partial charge in [-0.3, -0.25) is 0 Å². The molecule has 0 aliphatic rings. The Balaban J connectivity index is 3.26. The van der Waals surface area contributed by atoms with E-state index < -0.39 is 8.07 Å². The smallest absolute Gasteiger partial charge is 0.136 e. The van der Waals surface area contributed by atoms with E-state index in [-0.39, 0.29) is 5.82 Å². The molecular weight excluding hydrogens is 235 g/mol. The molecular formula is C9H12BrFSi. The average molecular weight is 247 g/mol. The molecule has 3 heteroatoms. The Morgan fingerprint density at radius 1 is 1.25 bits per heavy atom. The molecule has 0 aromatic heterocycles. The zero-order valence-electron chi connectivity index (χ0n) is 7.49. The minimum Gasteiger partial charge on any atom is -0.206 e. The van der Waals surface area contributed by atoms with Gasteiger partial charge in [-0.15, -0.1) is 0 Å². The van der Waals surface area contributed by atoms with Crippen LogP contribution in [0.4, 0.5) is 4.39 Å². The van der Waals surface area contributed by atoms with Crippen molar-refractivity contribution in [3.63, 3.8) is 0 Å². The maximum absolute atomic E-state index is 13.5. The number of halogens is 2. The molecule has 1 aromatic rings. The van der Waals surface area contributed by atoms with E-state index in [4.69, 9.17) is 0 Å². The van der Waals surface area contributed by atoms with Gasteiger partial charge in [0.15, 0.2) is 0 Å². The van der Waals surface area contributed by atoms with Crippen LogP contribution < -0.4 is 5.19 Å². The lowest BCUT2D eigenvalue weighted by Crippen LogP contribution is -2.40. The van der Waals surface area contributed by atoms with Gasteiger partial charge < -0.3 is 0 Å². The second-order valence-electron chi connectivity index (χ2n) is 3.85. The zero-order chi connectivity index (χ0) is 9.35. The van der Waals surface area contributed by atoms with Crippen molar-refractivity contribution in [2.75, 3.05) is 0 Å². The van der Waals surface area contributed by atoms with Crippen molar-refractivity contribution in [3.8, 4) is 0 Å². The summed E-state index contributed by atoms with van der Waals surface area (Å²) in [6, 6.07) is 5.51. The van der Waals surface area contributed by atoms with E-state index in [1.807, 2.05) is 12.1 Å². The first-order valence-corrected chi connectivity index (χ1v) is 8.16. The Morgan fingerprint density at radius 2 is 1.83 bits per heavy atom. The second kappa shape index (κ2) is 3.30. The van der Waals surface area contributed by atoms with Crippen molar-refractivity contribution in [2.45, 2.75) is 19.6 Å². The number of hydrogen-bond acceptors (Lipinski definition) is 0. The number of hydrogen-bond donors (Lipinski definition) is 0. The number of rotatable bonds is 1. The molecule has 0 N–H and O–H groups in total. The van der Waals surface area contributed by atoms with Crippen molar-refractivity contribution >= 4 is 29.2 Å². The van der Waals surface area contributed by atoms with Crippen LogP contribution in [-0.2, 0) is 0 Å². The largest absolute Gasteiger partial charge is 0.206 e. The molecule has 0 nitrogen and oxygen atoms in total. The van der Waals surface area contributed by atoms with Gasteiger partial charge in [-0.05, 0) is 27.2 Å². The first-order valence-electron chi connectivity index (χ1n) is 3.87.